The van der Waals surface area contributed by atoms with Gasteiger partial charge in [-0.25, -0.2) is 0 Å². The van der Waals surface area contributed by atoms with Crippen molar-refractivity contribution in [3.8, 4) is 5.75 Å². The van der Waals surface area contributed by atoms with Gasteiger partial charge in [-0.2, -0.15) is 0 Å². The summed E-state index contributed by atoms with van der Waals surface area (Å²) in [5.74, 6) is 0.892. The Morgan fingerprint density at radius 2 is 2.07 bits per heavy atom. The SMILES string of the molecule is COc1ccc(C2COC(C)CN2)cc1. The molecule has 15 heavy (non-hydrogen) atoms. The first-order valence-electron chi connectivity index (χ1n) is 5.28. The quantitative estimate of drug-likeness (QED) is 0.801. The minimum absolute atomic E-state index is 0.312. The predicted molar refractivity (Wildman–Crippen MR) is 59.2 cm³/mol. The summed E-state index contributed by atoms with van der Waals surface area (Å²) in [7, 11) is 1.68. The van der Waals surface area contributed by atoms with E-state index in [0.29, 0.717) is 12.1 Å². The number of morpholine rings is 1. The van der Waals surface area contributed by atoms with Gasteiger partial charge in [-0.1, -0.05) is 12.1 Å². The van der Waals surface area contributed by atoms with Gasteiger partial charge in [0.1, 0.15) is 5.75 Å². The molecule has 2 atom stereocenters. The van der Waals surface area contributed by atoms with Crippen LogP contribution in [0.5, 0.6) is 5.75 Å². The fourth-order valence-corrected chi connectivity index (χ4v) is 1.74. The van der Waals surface area contributed by atoms with Gasteiger partial charge in [-0.3, -0.25) is 0 Å². The molecule has 0 saturated carbocycles. The number of hydrogen-bond donors (Lipinski definition) is 1. The van der Waals surface area contributed by atoms with E-state index in [1.165, 1.54) is 5.56 Å². The predicted octanol–water partition coefficient (Wildman–Crippen LogP) is 1.74. The fraction of sp³-hybridized carbons (Fsp3) is 0.500. The highest BCUT2D eigenvalue weighted by molar-refractivity contribution is 5.29. The highest BCUT2D eigenvalue weighted by Gasteiger charge is 2.18. The summed E-state index contributed by atoms with van der Waals surface area (Å²) in [6.45, 7) is 3.74. The minimum atomic E-state index is 0.312. The van der Waals surface area contributed by atoms with Crippen LogP contribution in [-0.2, 0) is 4.74 Å². The molecule has 1 saturated heterocycles. The van der Waals surface area contributed by atoms with Crippen molar-refractivity contribution in [1.29, 1.82) is 0 Å². The lowest BCUT2D eigenvalue weighted by Gasteiger charge is -2.28. The normalized spacial score (nSPS) is 26.3. The Morgan fingerprint density at radius 3 is 2.60 bits per heavy atom. The smallest absolute Gasteiger partial charge is 0.118 e. The highest BCUT2D eigenvalue weighted by Crippen LogP contribution is 2.20. The Hall–Kier alpha value is -1.06. The second-order valence-electron chi connectivity index (χ2n) is 3.88. The van der Waals surface area contributed by atoms with E-state index in [1.807, 2.05) is 12.1 Å². The molecule has 2 rings (SSSR count). The molecule has 1 aliphatic heterocycles. The zero-order valence-corrected chi connectivity index (χ0v) is 9.19. The van der Waals surface area contributed by atoms with Crippen LogP contribution in [0.25, 0.3) is 0 Å². The van der Waals surface area contributed by atoms with Gasteiger partial charge in [0.15, 0.2) is 0 Å². The topological polar surface area (TPSA) is 30.5 Å². The van der Waals surface area contributed by atoms with Crippen LogP contribution in [0, 0.1) is 0 Å². The van der Waals surface area contributed by atoms with Gasteiger partial charge in [0.25, 0.3) is 0 Å². The lowest BCUT2D eigenvalue weighted by Crippen LogP contribution is -2.39. The number of hydrogen-bond acceptors (Lipinski definition) is 3. The van der Waals surface area contributed by atoms with Gasteiger partial charge in [0, 0.05) is 6.54 Å². The van der Waals surface area contributed by atoms with E-state index >= 15 is 0 Å². The van der Waals surface area contributed by atoms with E-state index in [2.05, 4.69) is 24.4 Å². The molecule has 2 unspecified atom stereocenters. The molecular weight excluding hydrogens is 190 g/mol. The molecule has 0 spiro atoms. The van der Waals surface area contributed by atoms with Crippen LogP contribution in [0.3, 0.4) is 0 Å². The summed E-state index contributed by atoms with van der Waals surface area (Å²) in [5.41, 5.74) is 1.25. The number of methoxy groups -OCH3 is 1. The number of rotatable bonds is 2. The average molecular weight is 207 g/mol. The first-order chi connectivity index (χ1) is 7.29. The Bertz CT molecular complexity index is 302. The Balaban J connectivity index is 2.03. The van der Waals surface area contributed by atoms with E-state index in [9.17, 15) is 0 Å². The lowest BCUT2D eigenvalue weighted by molar-refractivity contribution is 0.0149. The van der Waals surface area contributed by atoms with Gasteiger partial charge in [-0.05, 0) is 24.6 Å². The second kappa shape index (κ2) is 4.64. The second-order valence-corrected chi connectivity index (χ2v) is 3.88. The maximum absolute atomic E-state index is 5.61. The molecule has 1 fully saturated rings. The first-order valence-corrected chi connectivity index (χ1v) is 5.28. The van der Waals surface area contributed by atoms with Gasteiger partial charge >= 0.3 is 0 Å². The number of benzene rings is 1. The molecule has 0 aliphatic carbocycles. The fourth-order valence-electron chi connectivity index (χ4n) is 1.74. The van der Waals surface area contributed by atoms with Crippen LogP contribution in [-0.4, -0.2) is 26.4 Å². The maximum Gasteiger partial charge on any atom is 0.118 e. The van der Waals surface area contributed by atoms with E-state index in [4.69, 9.17) is 9.47 Å². The van der Waals surface area contributed by atoms with E-state index in [1.54, 1.807) is 7.11 Å². The third-order valence-electron chi connectivity index (χ3n) is 2.72. The van der Waals surface area contributed by atoms with Gasteiger partial charge < -0.3 is 14.8 Å². The largest absolute Gasteiger partial charge is 0.497 e. The monoisotopic (exact) mass is 207 g/mol. The molecule has 0 bridgehead atoms. The van der Waals surface area contributed by atoms with Crippen molar-refractivity contribution in [3.63, 3.8) is 0 Å². The molecule has 1 aromatic rings. The summed E-state index contributed by atoms with van der Waals surface area (Å²) in [6, 6.07) is 8.43. The first kappa shape index (κ1) is 10.5. The minimum Gasteiger partial charge on any atom is -0.497 e. The van der Waals surface area contributed by atoms with Crippen molar-refractivity contribution in [2.45, 2.75) is 19.1 Å². The Kier molecular flexibility index (Phi) is 3.23. The Morgan fingerprint density at radius 1 is 1.33 bits per heavy atom. The lowest BCUT2D eigenvalue weighted by atomic mass is 10.1. The zero-order valence-electron chi connectivity index (χ0n) is 9.19. The van der Waals surface area contributed by atoms with Crippen LogP contribution in [0.2, 0.25) is 0 Å². The van der Waals surface area contributed by atoms with Crippen LogP contribution < -0.4 is 10.1 Å². The Labute approximate surface area is 90.4 Å². The standard InChI is InChI=1S/C12H17NO2/c1-9-7-13-12(8-15-9)10-3-5-11(14-2)6-4-10/h3-6,9,12-13H,7-8H2,1-2H3. The molecule has 82 valence electrons. The van der Waals surface area contributed by atoms with Crippen molar-refractivity contribution in [2.24, 2.45) is 0 Å². The summed E-state index contributed by atoms with van der Waals surface area (Å²) in [4.78, 5) is 0. The molecule has 1 aromatic carbocycles. The van der Waals surface area contributed by atoms with Crippen LogP contribution in [0.1, 0.15) is 18.5 Å². The molecule has 0 amide bonds. The van der Waals surface area contributed by atoms with Crippen molar-refractivity contribution < 1.29 is 9.47 Å². The molecule has 1 N–H and O–H groups in total. The van der Waals surface area contributed by atoms with Gasteiger partial charge in [0.2, 0.25) is 0 Å². The van der Waals surface area contributed by atoms with Crippen molar-refractivity contribution >= 4 is 0 Å². The van der Waals surface area contributed by atoms with Crippen LogP contribution in [0.4, 0.5) is 0 Å². The van der Waals surface area contributed by atoms with Crippen molar-refractivity contribution in [2.75, 3.05) is 20.3 Å². The zero-order chi connectivity index (χ0) is 10.7. The molecule has 0 radical (unpaired) electrons. The van der Waals surface area contributed by atoms with Gasteiger partial charge in [-0.15, -0.1) is 0 Å². The van der Waals surface area contributed by atoms with E-state index < -0.39 is 0 Å². The van der Waals surface area contributed by atoms with Gasteiger partial charge in [0.05, 0.1) is 25.9 Å². The van der Waals surface area contributed by atoms with Crippen LogP contribution >= 0.6 is 0 Å². The summed E-state index contributed by atoms with van der Waals surface area (Å²) >= 11 is 0. The van der Waals surface area contributed by atoms with E-state index in [-0.39, 0.29) is 0 Å². The van der Waals surface area contributed by atoms with Crippen molar-refractivity contribution in [1.82, 2.24) is 5.32 Å². The van der Waals surface area contributed by atoms with Crippen molar-refractivity contribution in [3.05, 3.63) is 29.8 Å². The molecule has 1 aliphatic rings. The third kappa shape index (κ3) is 2.49. The maximum atomic E-state index is 5.61. The van der Waals surface area contributed by atoms with Crippen LogP contribution in [0.15, 0.2) is 24.3 Å². The summed E-state index contributed by atoms with van der Waals surface area (Å²) in [5, 5.41) is 3.46. The highest BCUT2D eigenvalue weighted by atomic mass is 16.5. The molecule has 1 heterocycles. The summed E-state index contributed by atoms with van der Waals surface area (Å²) in [6.07, 6.45) is 0.319. The molecule has 3 nitrogen and oxygen atoms in total. The average Bonchev–Trinajstić information content (AvgIpc) is 2.30. The third-order valence-corrected chi connectivity index (χ3v) is 2.72. The molecule has 3 heteroatoms. The van der Waals surface area contributed by atoms with E-state index in [0.717, 1.165) is 18.9 Å². The number of nitrogens with one attached hydrogen (secondary N) is 1. The molecule has 0 aromatic heterocycles. The molecular formula is C12H17NO2. The summed E-state index contributed by atoms with van der Waals surface area (Å²) < 4.78 is 10.7. The number of ether oxygens (including phenoxy) is 2.